The highest BCUT2D eigenvalue weighted by atomic mass is 32.2. The molecule has 0 heterocycles. The molecular formula is C21H28N2O4S. The van der Waals surface area contributed by atoms with E-state index in [0.29, 0.717) is 36.4 Å². The van der Waals surface area contributed by atoms with E-state index in [0.717, 1.165) is 36.5 Å². The molecule has 0 atom stereocenters. The van der Waals surface area contributed by atoms with Crippen molar-refractivity contribution in [3.63, 3.8) is 0 Å². The number of fused-ring (bicyclic) bond motifs is 1. The maximum atomic E-state index is 13.2. The van der Waals surface area contributed by atoms with Crippen LogP contribution in [0.4, 0.5) is 4.79 Å². The Hall–Kier alpha value is -2.12. The number of sulfonamides is 1. The van der Waals surface area contributed by atoms with E-state index >= 15 is 0 Å². The third-order valence-electron chi connectivity index (χ3n) is 5.68. The zero-order valence-electron chi connectivity index (χ0n) is 16.2. The first kappa shape index (κ1) is 20.6. The fourth-order valence-corrected chi connectivity index (χ4v) is 5.57. The van der Waals surface area contributed by atoms with E-state index in [1.807, 2.05) is 37.3 Å². The molecule has 0 unspecified atom stereocenters. The zero-order valence-corrected chi connectivity index (χ0v) is 17.0. The van der Waals surface area contributed by atoms with E-state index in [9.17, 15) is 13.2 Å². The first-order chi connectivity index (χ1) is 13.4. The van der Waals surface area contributed by atoms with E-state index in [1.165, 1.54) is 0 Å². The second-order valence-electron chi connectivity index (χ2n) is 7.54. The van der Waals surface area contributed by atoms with Crippen molar-refractivity contribution in [2.24, 2.45) is 11.8 Å². The molecule has 6 nitrogen and oxygen atoms in total. The molecule has 0 aliphatic heterocycles. The van der Waals surface area contributed by atoms with Crippen molar-refractivity contribution in [2.45, 2.75) is 37.5 Å². The second-order valence-corrected chi connectivity index (χ2v) is 9.48. The number of amides is 1. The van der Waals surface area contributed by atoms with Gasteiger partial charge in [-0.2, -0.15) is 4.31 Å². The second kappa shape index (κ2) is 8.92. The van der Waals surface area contributed by atoms with Gasteiger partial charge < -0.3 is 10.4 Å². The highest BCUT2D eigenvalue weighted by Crippen LogP contribution is 2.30. The number of carboxylic acid groups (broad SMARTS) is 1. The molecule has 0 saturated heterocycles. The van der Waals surface area contributed by atoms with Crippen molar-refractivity contribution in [1.29, 1.82) is 0 Å². The van der Waals surface area contributed by atoms with Gasteiger partial charge in [0.15, 0.2) is 0 Å². The number of benzene rings is 2. The van der Waals surface area contributed by atoms with Crippen LogP contribution < -0.4 is 5.32 Å². The first-order valence-electron chi connectivity index (χ1n) is 9.86. The lowest BCUT2D eigenvalue weighted by Gasteiger charge is -2.32. The van der Waals surface area contributed by atoms with Gasteiger partial charge in [-0.1, -0.05) is 37.3 Å². The Bertz CT molecular complexity index is 921. The Morgan fingerprint density at radius 3 is 2.36 bits per heavy atom. The van der Waals surface area contributed by atoms with Crippen LogP contribution in [0.15, 0.2) is 47.4 Å². The molecule has 2 N–H and O–H groups in total. The van der Waals surface area contributed by atoms with Gasteiger partial charge in [-0.15, -0.1) is 0 Å². The van der Waals surface area contributed by atoms with E-state index < -0.39 is 16.1 Å². The summed E-state index contributed by atoms with van der Waals surface area (Å²) in [6.07, 6.45) is 2.73. The normalized spacial score (nSPS) is 20.4. The minimum absolute atomic E-state index is 0.316. The van der Waals surface area contributed by atoms with Crippen molar-refractivity contribution in [1.82, 2.24) is 9.62 Å². The lowest BCUT2D eigenvalue weighted by Crippen LogP contribution is -2.37. The number of nitrogens with zero attached hydrogens (tertiary/aromatic N) is 1. The summed E-state index contributed by atoms with van der Waals surface area (Å²) in [6, 6.07) is 13.1. The van der Waals surface area contributed by atoms with Crippen LogP contribution in [-0.4, -0.2) is 43.6 Å². The van der Waals surface area contributed by atoms with Gasteiger partial charge in [0.2, 0.25) is 10.0 Å². The van der Waals surface area contributed by atoms with E-state index in [1.54, 1.807) is 16.4 Å². The standard InChI is InChI=1S/C21H28N2O4S/c1-2-23(15-17-9-7-16(8-10-17)14-22-21(24)25)28(26,27)20-12-11-18-5-3-4-6-19(18)13-20/h3-6,11-13,16-17,22H,2,7-10,14-15H2,1H3,(H,24,25). The fourth-order valence-electron chi connectivity index (χ4n) is 4.01. The van der Waals surface area contributed by atoms with Crippen LogP contribution in [0.1, 0.15) is 32.6 Å². The number of rotatable bonds is 7. The van der Waals surface area contributed by atoms with E-state index in [2.05, 4.69) is 5.32 Å². The molecule has 152 valence electrons. The lowest BCUT2D eigenvalue weighted by atomic mass is 9.82. The predicted molar refractivity (Wildman–Crippen MR) is 110 cm³/mol. The molecule has 1 fully saturated rings. The van der Waals surface area contributed by atoms with E-state index in [-0.39, 0.29) is 0 Å². The third kappa shape index (κ3) is 4.83. The van der Waals surface area contributed by atoms with Crippen LogP contribution >= 0.6 is 0 Å². The van der Waals surface area contributed by atoms with E-state index in [4.69, 9.17) is 5.11 Å². The summed E-state index contributed by atoms with van der Waals surface area (Å²) in [5.41, 5.74) is 0. The van der Waals surface area contributed by atoms with Crippen molar-refractivity contribution in [2.75, 3.05) is 19.6 Å². The smallest absolute Gasteiger partial charge is 0.404 e. The van der Waals surface area contributed by atoms with Crippen molar-refractivity contribution < 1.29 is 18.3 Å². The molecule has 0 spiro atoms. The Balaban J connectivity index is 1.66. The Morgan fingerprint density at radius 1 is 1.07 bits per heavy atom. The van der Waals surface area contributed by atoms with Crippen LogP contribution in [-0.2, 0) is 10.0 Å². The minimum atomic E-state index is -3.53. The van der Waals surface area contributed by atoms with Crippen LogP contribution in [0.25, 0.3) is 10.8 Å². The van der Waals surface area contributed by atoms with Gasteiger partial charge >= 0.3 is 6.09 Å². The third-order valence-corrected chi connectivity index (χ3v) is 7.62. The highest BCUT2D eigenvalue weighted by molar-refractivity contribution is 7.89. The molecule has 1 amide bonds. The van der Waals surface area contributed by atoms with Gasteiger partial charge in [0, 0.05) is 19.6 Å². The zero-order chi connectivity index (χ0) is 20.1. The molecule has 1 aliphatic rings. The molecule has 0 bridgehead atoms. The summed E-state index contributed by atoms with van der Waals surface area (Å²) in [5, 5.41) is 13.1. The SMILES string of the molecule is CCN(CC1CCC(CNC(=O)O)CC1)S(=O)(=O)c1ccc2ccccc2c1. The maximum absolute atomic E-state index is 13.2. The van der Waals surface area contributed by atoms with Crippen molar-refractivity contribution in [3.05, 3.63) is 42.5 Å². The number of hydrogen-bond acceptors (Lipinski definition) is 3. The summed E-state index contributed by atoms with van der Waals surface area (Å²) < 4.78 is 27.9. The topological polar surface area (TPSA) is 86.7 Å². The number of nitrogens with one attached hydrogen (secondary N) is 1. The van der Waals surface area contributed by atoms with Gasteiger partial charge in [0.05, 0.1) is 4.90 Å². The molecule has 7 heteroatoms. The molecule has 1 saturated carbocycles. The van der Waals surface area contributed by atoms with Crippen molar-refractivity contribution >= 4 is 26.9 Å². The van der Waals surface area contributed by atoms with Gasteiger partial charge in [0.25, 0.3) is 0 Å². The first-order valence-corrected chi connectivity index (χ1v) is 11.3. The molecule has 0 radical (unpaired) electrons. The van der Waals surface area contributed by atoms with Gasteiger partial charge in [-0.25, -0.2) is 13.2 Å². The lowest BCUT2D eigenvalue weighted by molar-refractivity contribution is 0.186. The summed E-state index contributed by atoms with van der Waals surface area (Å²) in [7, 11) is -3.53. The average molecular weight is 405 g/mol. The van der Waals surface area contributed by atoms with Crippen LogP contribution in [0.5, 0.6) is 0 Å². The summed E-state index contributed by atoms with van der Waals surface area (Å²) in [4.78, 5) is 11.0. The van der Waals surface area contributed by atoms with Gasteiger partial charge in [0.1, 0.15) is 0 Å². The molecule has 2 aromatic rings. The van der Waals surface area contributed by atoms with Crippen LogP contribution in [0.3, 0.4) is 0 Å². The number of hydrogen-bond donors (Lipinski definition) is 2. The van der Waals surface area contributed by atoms with Gasteiger partial charge in [-0.05, 0) is 60.4 Å². The Labute approximate surface area is 166 Å². The largest absolute Gasteiger partial charge is 0.465 e. The van der Waals surface area contributed by atoms with Crippen LogP contribution in [0, 0.1) is 11.8 Å². The molecule has 0 aromatic heterocycles. The van der Waals surface area contributed by atoms with Crippen molar-refractivity contribution in [3.8, 4) is 0 Å². The quantitative estimate of drug-likeness (QED) is 0.732. The summed E-state index contributed by atoms with van der Waals surface area (Å²) in [5.74, 6) is 0.663. The molecule has 1 aliphatic carbocycles. The molecule has 28 heavy (non-hydrogen) atoms. The fraction of sp³-hybridized carbons (Fsp3) is 0.476. The molecule has 2 aromatic carbocycles. The van der Waals surface area contributed by atoms with Gasteiger partial charge in [-0.3, -0.25) is 0 Å². The summed E-state index contributed by atoms with van der Waals surface area (Å²) >= 11 is 0. The molecular weight excluding hydrogens is 376 g/mol. The highest BCUT2D eigenvalue weighted by Gasteiger charge is 2.29. The predicted octanol–water partition coefficient (Wildman–Crippen LogP) is 3.92. The maximum Gasteiger partial charge on any atom is 0.404 e. The van der Waals surface area contributed by atoms with Crippen LogP contribution in [0.2, 0.25) is 0 Å². The average Bonchev–Trinajstić information content (AvgIpc) is 2.70. The number of carbonyl (C=O) groups is 1. The monoisotopic (exact) mass is 404 g/mol. The molecule has 3 rings (SSSR count). The minimum Gasteiger partial charge on any atom is -0.465 e. The Morgan fingerprint density at radius 2 is 1.71 bits per heavy atom. The summed E-state index contributed by atoms with van der Waals surface area (Å²) in [6.45, 7) is 3.32. The Kier molecular flexibility index (Phi) is 6.57.